The van der Waals surface area contributed by atoms with E-state index in [2.05, 4.69) is 20.9 Å². The molecule has 0 aliphatic carbocycles. The molecule has 14 nitrogen and oxygen atoms in total. The van der Waals surface area contributed by atoms with E-state index < -0.39 is 59.9 Å². The van der Waals surface area contributed by atoms with Crippen molar-refractivity contribution in [1.82, 2.24) is 20.9 Å². The van der Waals surface area contributed by atoms with Crippen LogP contribution in [0, 0.1) is 0 Å². The van der Waals surface area contributed by atoms with Gasteiger partial charge in [0.15, 0.2) is 0 Å². The van der Waals surface area contributed by atoms with Gasteiger partial charge in [-0.3, -0.25) is 19.2 Å². The Morgan fingerprint density at radius 1 is 0.884 bits per heavy atom. The minimum atomic E-state index is -1.53. The molecule has 2 aromatic carbocycles. The van der Waals surface area contributed by atoms with Gasteiger partial charge in [0.2, 0.25) is 23.6 Å². The van der Waals surface area contributed by atoms with Crippen LogP contribution in [0.5, 0.6) is 5.75 Å². The largest absolute Gasteiger partial charge is 0.508 e. The number of carbonyl (C=O) groups is 5. The van der Waals surface area contributed by atoms with Gasteiger partial charge in [0.05, 0.1) is 12.1 Å². The Labute approximate surface area is 246 Å². The summed E-state index contributed by atoms with van der Waals surface area (Å²) in [5.74, 6) is -4.55. The first-order valence-corrected chi connectivity index (χ1v) is 13.5. The van der Waals surface area contributed by atoms with Gasteiger partial charge in [0.1, 0.15) is 23.9 Å². The number of para-hydroxylation sites is 1. The van der Waals surface area contributed by atoms with Crippen LogP contribution >= 0.6 is 0 Å². The van der Waals surface area contributed by atoms with Gasteiger partial charge < -0.3 is 47.7 Å². The molecule has 0 bridgehead atoms. The quantitative estimate of drug-likeness (QED) is 0.106. The Hall–Kier alpha value is -4.95. The number of hydrogen-bond acceptors (Lipinski definition) is 8. The summed E-state index contributed by atoms with van der Waals surface area (Å²) in [4.78, 5) is 65.6. The molecule has 3 aromatic rings. The molecular formula is C29H36N6O8. The molecule has 5 unspecified atom stereocenters. The zero-order chi connectivity index (χ0) is 31.7. The molecule has 5 atom stereocenters. The number of carbonyl (C=O) groups excluding carboxylic acids is 4. The van der Waals surface area contributed by atoms with Crippen LogP contribution in [0.3, 0.4) is 0 Å². The fourth-order valence-electron chi connectivity index (χ4n) is 4.43. The number of aromatic nitrogens is 1. The summed E-state index contributed by atoms with van der Waals surface area (Å²) in [6.07, 6.45) is -0.171. The molecule has 4 amide bonds. The highest BCUT2D eigenvalue weighted by atomic mass is 16.4. The molecule has 0 radical (unpaired) electrons. The van der Waals surface area contributed by atoms with Crippen LogP contribution in [0.25, 0.3) is 10.9 Å². The average Bonchev–Trinajstić information content (AvgIpc) is 3.37. The van der Waals surface area contributed by atoms with Gasteiger partial charge in [-0.1, -0.05) is 30.3 Å². The van der Waals surface area contributed by atoms with E-state index in [9.17, 15) is 39.3 Å². The number of nitrogens with two attached hydrogens (primary N) is 2. The number of carboxylic acid groups (broad SMARTS) is 1. The molecule has 0 saturated carbocycles. The summed E-state index contributed by atoms with van der Waals surface area (Å²) in [5, 5.41) is 37.7. The third-order valence-corrected chi connectivity index (χ3v) is 6.82. The molecule has 11 N–H and O–H groups in total. The Bertz CT molecular complexity index is 1450. The van der Waals surface area contributed by atoms with Crippen molar-refractivity contribution in [2.24, 2.45) is 11.5 Å². The van der Waals surface area contributed by atoms with Gasteiger partial charge in [-0.25, -0.2) is 4.79 Å². The van der Waals surface area contributed by atoms with Gasteiger partial charge in [-0.2, -0.15) is 0 Å². The normalized spacial score (nSPS) is 14.6. The highest BCUT2D eigenvalue weighted by molar-refractivity contribution is 5.95. The molecule has 230 valence electrons. The van der Waals surface area contributed by atoms with Crippen molar-refractivity contribution in [2.45, 2.75) is 62.9 Å². The molecular weight excluding hydrogens is 560 g/mol. The predicted octanol–water partition coefficient (Wildman–Crippen LogP) is -0.829. The summed E-state index contributed by atoms with van der Waals surface area (Å²) in [7, 11) is 0. The average molecular weight is 597 g/mol. The van der Waals surface area contributed by atoms with E-state index in [4.69, 9.17) is 11.5 Å². The van der Waals surface area contributed by atoms with Crippen molar-refractivity contribution in [2.75, 3.05) is 0 Å². The number of phenols is 1. The van der Waals surface area contributed by atoms with Gasteiger partial charge in [-0.15, -0.1) is 0 Å². The maximum Gasteiger partial charge on any atom is 0.326 e. The summed E-state index contributed by atoms with van der Waals surface area (Å²) in [6.45, 7) is 1.26. The standard InChI is InChI=1S/C29H36N6O8/c1-15(36)25(35-26(39)20(30)10-11-24(31)38)28(41)33-22(13-17-14-32-21-5-3-2-4-19(17)21)27(40)34-23(29(42)43)12-16-6-8-18(37)9-7-16/h2-9,14-15,20,22-23,25,32,36-37H,10-13,30H2,1H3,(H2,31,38)(H,33,41)(H,34,40)(H,35,39)(H,42,43). The number of fused-ring (bicyclic) bond motifs is 1. The number of benzene rings is 2. The number of primary amides is 1. The van der Waals surface area contributed by atoms with Crippen molar-refractivity contribution in [3.05, 3.63) is 65.9 Å². The van der Waals surface area contributed by atoms with E-state index in [0.717, 1.165) is 10.9 Å². The lowest BCUT2D eigenvalue weighted by molar-refractivity contribution is -0.142. The number of H-pyrrole nitrogens is 1. The Balaban J connectivity index is 1.83. The number of carboxylic acids is 1. The molecule has 0 aliphatic heterocycles. The van der Waals surface area contributed by atoms with Gasteiger partial charge in [0, 0.05) is 36.4 Å². The van der Waals surface area contributed by atoms with Gasteiger partial charge in [-0.05, 0) is 42.7 Å². The lowest BCUT2D eigenvalue weighted by Crippen LogP contribution is -2.60. The van der Waals surface area contributed by atoms with E-state index in [0.29, 0.717) is 11.1 Å². The number of nitrogens with one attached hydrogen (secondary N) is 4. The topological polar surface area (TPSA) is 250 Å². The highest BCUT2D eigenvalue weighted by Crippen LogP contribution is 2.20. The lowest BCUT2D eigenvalue weighted by Gasteiger charge is -2.26. The van der Waals surface area contributed by atoms with E-state index in [1.807, 2.05) is 18.2 Å². The minimum Gasteiger partial charge on any atom is -0.508 e. The summed E-state index contributed by atoms with van der Waals surface area (Å²) < 4.78 is 0. The molecule has 1 aromatic heterocycles. The maximum atomic E-state index is 13.5. The number of aliphatic hydroxyl groups is 1. The second kappa shape index (κ2) is 14.8. The molecule has 0 fully saturated rings. The molecule has 43 heavy (non-hydrogen) atoms. The fraction of sp³-hybridized carbons (Fsp3) is 0.345. The van der Waals surface area contributed by atoms with Crippen LogP contribution < -0.4 is 27.4 Å². The second-order valence-corrected chi connectivity index (χ2v) is 10.2. The minimum absolute atomic E-state index is 0.00486. The zero-order valence-electron chi connectivity index (χ0n) is 23.4. The van der Waals surface area contributed by atoms with Crippen molar-refractivity contribution in [1.29, 1.82) is 0 Å². The smallest absolute Gasteiger partial charge is 0.326 e. The summed E-state index contributed by atoms with van der Waals surface area (Å²) in [5.41, 5.74) is 12.8. The monoisotopic (exact) mass is 596 g/mol. The third-order valence-electron chi connectivity index (χ3n) is 6.82. The third kappa shape index (κ3) is 9.28. The number of aromatic hydroxyl groups is 1. The predicted molar refractivity (Wildman–Crippen MR) is 155 cm³/mol. The van der Waals surface area contributed by atoms with E-state index >= 15 is 0 Å². The number of aromatic amines is 1. The van der Waals surface area contributed by atoms with Crippen LogP contribution in [-0.2, 0) is 36.8 Å². The summed E-state index contributed by atoms with van der Waals surface area (Å²) >= 11 is 0. The van der Waals surface area contributed by atoms with Crippen LogP contribution in [0.15, 0.2) is 54.7 Å². The molecule has 0 saturated heterocycles. The molecule has 14 heteroatoms. The van der Waals surface area contributed by atoms with Crippen molar-refractivity contribution >= 4 is 40.5 Å². The zero-order valence-corrected chi connectivity index (χ0v) is 23.4. The van der Waals surface area contributed by atoms with Crippen LogP contribution in [0.4, 0.5) is 0 Å². The number of phenolic OH excluding ortho intramolecular Hbond substituents is 1. The first-order chi connectivity index (χ1) is 20.3. The fourth-order valence-corrected chi connectivity index (χ4v) is 4.43. The van der Waals surface area contributed by atoms with Gasteiger partial charge in [0.25, 0.3) is 0 Å². The van der Waals surface area contributed by atoms with Crippen LogP contribution in [0.1, 0.15) is 30.9 Å². The molecule has 0 spiro atoms. The first kappa shape index (κ1) is 32.6. The maximum absolute atomic E-state index is 13.5. The Morgan fingerprint density at radius 3 is 2.16 bits per heavy atom. The van der Waals surface area contributed by atoms with E-state index in [1.165, 1.54) is 31.2 Å². The second-order valence-electron chi connectivity index (χ2n) is 10.2. The Morgan fingerprint density at radius 2 is 1.53 bits per heavy atom. The number of aliphatic hydroxyl groups excluding tert-OH is 1. The number of hydrogen-bond donors (Lipinski definition) is 9. The van der Waals surface area contributed by atoms with Crippen molar-refractivity contribution in [3.63, 3.8) is 0 Å². The number of aliphatic carboxylic acids is 1. The Kier molecular flexibility index (Phi) is 11.2. The van der Waals surface area contributed by atoms with Crippen LogP contribution in [0.2, 0.25) is 0 Å². The van der Waals surface area contributed by atoms with Crippen molar-refractivity contribution < 1.29 is 39.3 Å². The van der Waals surface area contributed by atoms with Crippen molar-refractivity contribution in [3.8, 4) is 5.75 Å². The summed E-state index contributed by atoms with van der Waals surface area (Å²) in [6, 6.07) is 7.65. The number of amides is 4. The van der Waals surface area contributed by atoms with E-state index in [1.54, 1.807) is 12.3 Å². The lowest BCUT2D eigenvalue weighted by atomic mass is 10.0. The molecule has 3 rings (SSSR count). The SMILES string of the molecule is CC(O)C(NC(=O)C(N)CCC(N)=O)C(=O)NC(Cc1c[nH]c2ccccc12)C(=O)NC(Cc1ccc(O)cc1)C(=O)O. The number of rotatable bonds is 15. The van der Waals surface area contributed by atoms with Crippen LogP contribution in [-0.4, -0.2) is 80.2 Å². The van der Waals surface area contributed by atoms with E-state index in [-0.39, 0.29) is 31.4 Å². The molecule has 1 heterocycles. The molecule has 0 aliphatic rings. The first-order valence-electron chi connectivity index (χ1n) is 13.5. The highest BCUT2D eigenvalue weighted by Gasteiger charge is 2.33. The van der Waals surface area contributed by atoms with Gasteiger partial charge >= 0.3 is 5.97 Å².